The number of nitrogens with one attached hydrogen (secondary N) is 2. The van der Waals surface area contributed by atoms with Crippen LogP contribution in [0.25, 0.3) is 0 Å². The topological polar surface area (TPSA) is 53.5 Å². The van der Waals surface area contributed by atoms with Crippen LogP contribution in [-0.4, -0.2) is 44.2 Å². The van der Waals surface area contributed by atoms with Crippen molar-refractivity contribution in [3.05, 3.63) is 0 Å². The van der Waals surface area contributed by atoms with Crippen LogP contribution in [0.4, 0.5) is 0 Å². The second kappa shape index (κ2) is 6.63. The van der Waals surface area contributed by atoms with Crippen molar-refractivity contribution >= 4 is 13.6 Å². The van der Waals surface area contributed by atoms with E-state index in [1.54, 1.807) is 6.66 Å². The van der Waals surface area contributed by atoms with E-state index in [-0.39, 0.29) is 0 Å². The van der Waals surface area contributed by atoms with Crippen molar-refractivity contribution in [2.75, 3.05) is 33.0 Å². The second-order valence-electron chi connectivity index (χ2n) is 2.68. The first-order chi connectivity index (χ1) is 5.56. The maximum Gasteiger partial charge on any atom is 0.113 e. The summed E-state index contributed by atoms with van der Waals surface area (Å²) in [6.45, 7) is 6.77. The highest BCUT2D eigenvalue weighted by Gasteiger charge is 1.98. The van der Waals surface area contributed by atoms with Crippen LogP contribution in [0.3, 0.4) is 0 Å². The van der Waals surface area contributed by atoms with Crippen molar-refractivity contribution in [2.24, 2.45) is 0 Å². The molecule has 0 aromatic carbocycles. The molecular formula is C7H19N2O2P. The van der Waals surface area contributed by atoms with Gasteiger partial charge in [-0.15, -0.1) is 0 Å². The average molecular weight is 194 g/mol. The fourth-order valence-electron chi connectivity index (χ4n) is 0.610. The van der Waals surface area contributed by atoms with E-state index in [9.17, 15) is 0 Å². The molecule has 0 saturated carbocycles. The monoisotopic (exact) mass is 194 g/mol. The molecule has 0 radical (unpaired) electrons. The van der Waals surface area contributed by atoms with Crippen LogP contribution in [-0.2, 0) is 4.52 Å². The predicted molar refractivity (Wildman–Crippen MR) is 54.7 cm³/mol. The summed E-state index contributed by atoms with van der Waals surface area (Å²) in [5.74, 6) is 0. The lowest BCUT2D eigenvalue weighted by Gasteiger charge is -2.12. The Hall–Kier alpha value is 0.140. The van der Waals surface area contributed by atoms with Crippen molar-refractivity contribution in [2.45, 2.75) is 6.92 Å². The van der Waals surface area contributed by atoms with Gasteiger partial charge in [0.25, 0.3) is 0 Å². The lowest BCUT2D eigenvalue weighted by Crippen LogP contribution is -2.28. The Morgan fingerprint density at radius 2 is 2.00 bits per heavy atom. The van der Waals surface area contributed by atoms with Gasteiger partial charge in [0.2, 0.25) is 0 Å². The summed E-state index contributed by atoms with van der Waals surface area (Å²) in [6.07, 6.45) is 3.49. The van der Waals surface area contributed by atoms with Crippen LogP contribution in [0.1, 0.15) is 6.92 Å². The first-order valence-electron chi connectivity index (χ1n) is 4.06. The van der Waals surface area contributed by atoms with Crippen LogP contribution >= 0.6 is 7.34 Å². The van der Waals surface area contributed by atoms with Crippen LogP contribution in [0, 0.1) is 0 Å². The third kappa shape index (κ3) is 10.1. The molecule has 12 heavy (non-hydrogen) atoms. The SMILES string of the molecule is C=P(C)(O)OCNCCNCC. The van der Waals surface area contributed by atoms with Gasteiger partial charge in [-0.05, 0) is 6.54 Å². The molecule has 0 amide bonds. The van der Waals surface area contributed by atoms with E-state index in [4.69, 9.17) is 9.42 Å². The summed E-state index contributed by atoms with van der Waals surface area (Å²) in [4.78, 5) is 9.14. The minimum Gasteiger partial charge on any atom is -0.353 e. The quantitative estimate of drug-likeness (QED) is 0.305. The smallest absolute Gasteiger partial charge is 0.113 e. The zero-order valence-corrected chi connectivity index (χ0v) is 8.73. The summed E-state index contributed by atoms with van der Waals surface area (Å²) in [7, 11) is -2.30. The number of likely N-dealkylation sites (N-methyl/N-ethyl adjacent to an activating group) is 1. The van der Waals surface area contributed by atoms with E-state index in [2.05, 4.69) is 23.9 Å². The highest BCUT2D eigenvalue weighted by Crippen LogP contribution is 2.34. The van der Waals surface area contributed by atoms with Crippen molar-refractivity contribution < 1.29 is 9.42 Å². The molecule has 1 atom stereocenters. The molecule has 0 aliphatic carbocycles. The van der Waals surface area contributed by atoms with Gasteiger partial charge in [-0.3, -0.25) is 5.32 Å². The van der Waals surface area contributed by atoms with Crippen molar-refractivity contribution in [3.8, 4) is 0 Å². The van der Waals surface area contributed by atoms with Gasteiger partial charge >= 0.3 is 0 Å². The molecule has 0 aliphatic rings. The molecule has 5 heteroatoms. The summed E-state index contributed by atoms with van der Waals surface area (Å²) in [5.41, 5.74) is 0. The molecule has 0 aromatic rings. The Morgan fingerprint density at radius 1 is 1.42 bits per heavy atom. The molecule has 0 saturated heterocycles. The molecule has 4 nitrogen and oxygen atoms in total. The lowest BCUT2D eigenvalue weighted by molar-refractivity contribution is 0.280. The summed E-state index contributed by atoms with van der Waals surface area (Å²) >= 11 is 0. The van der Waals surface area contributed by atoms with E-state index < -0.39 is 7.34 Å². The van der Waals surface area contributed by atoms with E-state index in [0.717, 1.165) is 19.6 Å². The number of hydrogen-bond donors (Lipinski definition) is 3. The highest BCUT2D eigenvalue weighted by atomic mass is 31.2. The van der Waals surface area contributed by atoms with Gasteiger partial charge in [0.05, 0.1) is 0 Å². The predicted octanol–water partition coefficient (Wildman–Crippen LogP) is 0.0613. The van der Waals surface area contributed by atoms with E-state index >= 15 is 0 Å². The largest absolute Gasteiger partial charge is 0.353 e. The van der Waals surface area contributed by atoms with Gasteiger partial charge in [0, 0.05) is 19.8 Å². The van der Waals surface area contributed by atoms with Gasteiger partial charge in [-0.25, -0.2) is 0 Å². The summed E-state index contributed by atoms with van der Waals surface area (Å²) in [6, 6.07) is 0. The minimum atomic E-state index is -2.30. The van der Waals surface area contributed by atoms with Crippen LogP contribution in [0.5, 0.6) is 0 Å². The highest BCUT2D eigenvalue weighted by molar-refractivity contribution is 7.62. The fourth-order valence-corrected chi connectivity index (χ4v) is 0.980. The molecule has 74 valence electrons. The van der Waals surface area contributed by atoms with E-state index in [1.807, 2.05) is 0 Å². The fraction of sp³-hybridized carbons (Fsp3) is 0.857. The van der Waals surface area contributed by atoms with Crippen LogP contribution in [0.2, 0.25) is 0 Å². The molecule has 0 aliphatic heterocycles. The standard InChI is InChI=1S/C7H19N2O2P/c1-4-8-5-6-9-7-11-12(2,3)10/h8-10H,2,4-7H2,1,3H3. The third-order valence-electron chi connectivity index (χ3n) is 1.17. The Bertz CT molecular complexity index is 146. The second-order valence-corrected chi connectivity index (χ2v) is 5.04. The van der Waals surface area contributed by atoms with Crippen molar-refractivity contribution in [1.82, 2.24) is 10.6 Å². The first kappa shape index (κ1) is 12.1. The summed E-state index contributed by atoms with van der Waals surface area (Å²) < 4.78 is 5.03. The van der Waals surface area contributed by atoms with Gasteiger partial charge < -0.3 is 14.7 Å². The Morgan fingerprint density at radius 3 is 2.50 bits per heavy atom. The average Bonchev–Trinajstić information content (AvgIpc) is 1.94. The van der Waals surface area contributed by atoms with Gasteiger partial charge in [0.1, 0.15) is 14.1 Å². The zero-order valence-electron chi connectivity index (χ0n) is 7.84. The Kier molecular flexibility index (Phi) is 6.71. The molecule has 0 heterocycles. The van der Waals surface area contributed by atoms with E-state index in [1.165, 1.54) is 0 Å². The number of hydrogen-bond acceptors (Lipinski definition) is 4. The summed E-state index contributed by atoms with van der Waals surface area (Å²) in [5, 5.41) is 6.18. The minimum absolute atomic E-state index is 0.371. The third-order valence-corrected chi connectivity index (χ3v) is 1.86. The molecule has 0 rings (SSSR count). The van der Waals surface area contributed by atoms with Gasteiger partial charge in [-0.1, -0.05) is 13.2 Å². The first-order valence-corrected chi connectivity index (χ1v) is 6.35. The van der Waals surface area contributed by atoms with Crippen LogP contribution in [0.15, 0.2) is 0 Å². The zero-order chi connectivity index (χ0) is 9.45. The number of rotatable bonds is 7. The lowest BCUT2D eigenvalue weighted by atomic mass is 10.6. The molecule has 0 fully saturated rings. The Balaban J connectivity index is 3.06. The molecule has 0 spiro atoms. The molecule has 0 aromatic heterocycles. The molecule has 1 unspecified atom stereocenters. The molecule has 0 bridgehead atoms. The van der Waals surface area contributed by atoms with Gasteiger partial charge in [-0.2, -0.15) is 0 Å². The van der Waals surface area contributed by atoms with Crippen molar-refractivity contribution in [1.29, 1.82) is 0 Å². The van der Waals surface area contributed by atoms with Crippen LogP contribution < -0.4 is 10.6 Å². The maximum atomic E-state index is 9.14. The molecular weight excluding hydrogens is 175 g/mol. The maximum absolute atomic E-state index is 9.14. The Labute approximate surface area is 74.5 Å². The van der Waals surface area contributed by atoms with Crippen molar-refractivity contribution in [3.63, 3.8) is 0 Å². The van der Waals surface area contributed by atoms with Gasteiger partial charge in [0.15, 0.2) is 0 Å². The molecule has 3 N–H and O–H groups in total. The van der Waals surface area contributed by atoms with E-state index in [0.29, 0.717) is 6.73 Å². The normalized spacial score (nSPS) is 15.9.